The van der Waals surface area contributed by atoms with Gasteiger partial charge in [0.2, 0.25) is 0 Å². The Balaban J connectivity index is 1.46. The Hall–Kier alpha value is -1.28. The van der Waals surface area contributed by atoms with E-state index in [1.54, 1.807) is 11.8 Å². The number of pyridine rings is 1. The molecule has 0 unspecified atom stereocenters. The predicted molar refractivity (Wildman–Crippen MR) is 117 cm³/mol. The first-order chi connectivity index (χ1) is 13.1. The first kappa shape index (κ1) is 19.1. The third-order valence-corrected chi connectivity index (χ3v) is 6.04. The molecule has 0 radical (unpaired) electrons. The minimum absolute atomic E-state index is 0.862. The predicted octanol–water partition coefficient (Wildman–Crippen LogP) is 5.34. The molecule has 27 heavy (non-hydrogen) atoms. The van der Waals surface area contributed by atoms with Crippen LogP contribution in [0, 0.1) is 0 Å². The molecule has 3 heterocycles. The number of halogens is 2. The summed E-state index contributed by atoms with van der Waals surface area (Å²) < 4.78 is 2.08. The van der Waals surface area contributed by atoms with Crippen LogP contribution in [0.15, 0.2) is 56.8 Å². The second kappa shape index (κ2) is 8.39. The highest BCUT2D eigenvalue weighted by atomic mass is 79.9. The molecular formula is C20H18Br2N4S. The van der Waals surface area contributed by atoms with E-state index >= 15 is 0 Å². The van der Waals surface area contributed by atoms with Gasteiger partial charge in [0.05, 0.1) is 11.4 Å². The number of hydrogen-bond donors (Lipinski definition) is 0. The summed E-state index contributed by atoms with van der Waals surface area (Å²) in [4.78, 5) is 16.1. The quantitative estimate of drug-likeness (QED) is 0.353. The van der Waals surface area contributed by atoms with E-state index in [9.17, 15) is 0 Å². The fourth-order valence-electron chi connectivity index (χ4n) is 3.24. The second-order valence-corrected chi connectivity index (χ2v) is 9.10. The van der Waals surface area contributed by atoms with E-state index in [1.165, 1.54) is 16.8 Å². The van der Waals surface area contributed by atoms with Crippen LogP contribution in [0.1, 0.15) is 16.8 Å². The van der Waals surface area contributed by atoms with E-state index in [1.807, 2.05) is 24.7 Å². The van der Waals surface area contributed by atoms with Gasteiger partial charge in [-0.2, -0.15) is 0 Å². The summed E-state index contributed by atoms with van der Waals surface area (Å²) in [6.45, 7) is 2.79. The first-order valence-electron chi connectivity index (χ1n) is 8.63. The van der Waals surface area contributed by atoms with E-state index in [-0.39, 0.29) is 0 Å². The Labute approximate surface area is 180 Å². The van der Waals surface area contributed by atoms with Crippen molar-refractivity contribution in [3.05, 3.63) is 68.5 Å². The van der Waals surface area contributed by atoms with E-state index in [0.717, 1.165) is 51.4 Å². The molecule has 0 saturated heterocycles. The molecule has 1 aliphatic rings. The van der Waals surface area contributed by atoms with Gasteiger partial charge in [0.1, 0.15) is 0 Å². The van der Waals surface area contributed by atoms with Crippen molar-refractivity contribution in [3.63, 3.8) is 0 Å². The number of aromatic nitrogens is 3. The maximum absolute atomic E-state index is 4.67. The summed E-state index contributed by atoms with van der Waals surface area (Å²) >= 11 is 8.67. The summed E-state index contributed by atoms with van der Waals surface area (Å²) in [5, 5.41) is 0.862. The van der Waals surface area contributed by atoms with Gasteiger partial charge in [-0.25, -0.2) is 9.97 Å². The molecule has 4 nitrogen and oxygen atoms in total. The third kappa shape index (κ3) is 4.59. The third-order valence-electron chi connectivity index (χ3n) is 4.56. The van der Waals surface area contributed by atoms with Crippen LogP contribution in [-0.4, -0.2) is 32.7 Å². The summed E-state index contributed by atoms with van der Waals surface area (Å²) in [5.41, 5.74) is 5.72. The Morgan fingerprint density at radius 1 is 1.07 bits per heavy atom. The highest BCUT2D eigenvalue weighted by Gasteiger charge is 2.18. The molecule has 1 aliphatic heterocycles. The van der Waals surface area contributed by atoms with Gasteiger partial charge in [-0.05, 0) is 36.1 Å². The SMILES string of the molecule is CSc1ncc2c(n1)CCN(Cc1ccc(-c3cc(Br)cc(Br)c3)nc1)C2. The zero-order valence-corrected chi connectivity index (χ0v) is 18.8. The van der Waals surface area contributed by atoms with Crippen LogP contribution in [0.4, 0.5) is 0 Å². The lowest BCUT2D eigenvalue weighted by Gasteiger charge is -2.27. The topological polar surface area (TPSA) is 41.9 Å². The van der Waals surface area contributed by atoms with Crippen LogP contribution in [0.5, 0.6) is 0 Å². The number of rotatable bonds is 4. The zero-order chi connectivity index (χ0) is 18.8. The van der Waals surface area contributed by atoms with Crippen molar-refractivity contribution >= 4 is 43.6 Å². The van der Waals surface area contributed by atoms with Gasteiger partial charge < -0.3 is 0 Å². The van der Waals surface area contributed by atoms with Crippen LogP contribution in [0.25, 0.3) is 11.3 Å². The lowest BCUT2D eigenvalue weighted by molar-refractivity contribution is 0.242. The van der Waals surface area contributed by atoms with Crippen molar-refractivity contribution in [2.24, 2.45) is 0 Å². The van der Waals surface area contributed by atoms with Gasteiger partial charge in [0.15, 0.2) is 5.16 Å². The highest BCUT2D eigenvalue weighted by Crippen LogP contribution is 2.27. The van der Waals surface area contributed by atoms with Gasteiger partial charge in [0, 0.05) is 58.5 Å². The molecule has 138 valence electrons. The van der Waals surface area contributed by atoms with Crippen LogP contribution in [-0.2, 0) is 19.5 Å². The molecule has 1 aromatic carbocycles. The first-order valence-corrected chi connectivity index (χ1v) is 11.4. The fourth-order valence-corrected chi connectivity index (χ4v) is 4.89. The monoisotopic (exact) mass is 504 g/mol. The summed E-state index contributed by atoms with van der Waals surface area (Å²) in [5.74, 6) is 0. The number of nitrogens with zero attached hydrogens (tertiary/aromatic N) is 4. The smallest absolute Gasteiger partial charge is 0.187 e. The second-order valence-electron chi connectivity index (χ2n) is 6.50. The minimum atomic E-state index is 0.862. The zero-order valence-electron chi connectivity index (χ0n) is 14.8. The van der Waals surface area contributed by atoms with E-state index < -0.39 is 0 Å². The molecule has 2 aromatic heterocycles. The standard InChI is InChI=1S/C20H18Br2N4S/c1-27-20-24-10-15-12-26(5-4-19(15)25-20)11-13-2-3-18(23-9-13)14-6-16(21)8-17(22)7-14/h2-3,6-10H,4-5,11-12H2,1H3. The van der Waals surface area contributed by atoms with Gasteiger partial charge in [-0.3, -0.25) is 9.88 Å². The van der Waals surface area contributed by atoms with Gasteiger partial charge >= 0.3 is 0 Å². The van der Waals surface area contributed by atoms with E-state index in [2.05, 4.69) is 76.0 Å². The molecule has 0 atom stereocenters. The fraction of sp³-hybridized carbons (Fsp3) is 0.250. The van der Waals surface area contributed by atoms with E-state index in [0.29, 0.717) is 0 Å². The molecule has 7 heteroatoms. The largest absolute Gasteiger partial charge is 0.294 e. The summed E-state index contributed by atoms with van der Waals surface area (Å²) in [7, 11) is 0. The molecule has 0 amide bonds. The number of benzene rings is 1. The molecule has 4 rings (SSSR count). The molecule has 0 bridgehead atoms. The van der Waals surface area contributed by atoms with Crippen LogP contribution in [0.2, 0.25) is 0 Å². The van der Waals surface area contributed by atoms with Crippen molar-refractivity contribution in [3.8, 4) is 11.3 Å². The molecular weight excluding hydrogens is 488 g/mol. The van der Waals surface area contributed by atoms with Crippen molar-refractivity contribution < 1.29 is 0 Å². The van der Waals surface area contributed by atoms with Crippen molar-refractivity contribution in [2.75, 3.05) is 12.8 Å². The number of thioether (sulfide) groups is 1. The van der Waals surface area contributed by atoms with Crippen LogP contribution >= 0.6 is 43.6 Å². The van der Waals surface area contributed by atoms with Crippen LogP contribution < -0.4 is 0 Å². The maximum Gasteiger partial charge on any atom is 0.187 e. The van der Waals surface area contributed by atoms with Crippen LogP contribution in [0.3, 0.4) is 0 Å². The average molecular weight is 506 g/mol. The molecule has 0 spiro atoms. The molecule has 3 aromatic rings. The average Bonchev–Trinajstić information content (AvgIpc) is 2.67. The van der Waals surface area contributed by atoms with E-state index in [4.69, 9.17) is 0 Å². The van der Waals surface area contributed by atoms with Crippen molar-refractivity contribution in [1.82, 2.24) is 19.9 Å². The maximum atomic E-state index is 4.67. The minimum Gasteiger partial charge on any atom is -0.294 e. The molecule has 0 aliphatic carbocycles. The van der Waals surface area contributed by atoms with Crippen molar-refractivity contribution in [1.29, 1.82) is 0 Å². The Bertz CT molecular complexity index is 942. The Kier molecular flexibility index (Phi) is 5.92. The lowest BCUT2D eigenvalue weighted by Crippen LogP contribution is -2.31. The normalized spacial score (nSPS) is 14.2. The molecule has 0 saturated carbocycles. The van der Waals surface area contributed by atoms with Gasteiger partial charge in [0.25, 0.3) is 0 Å². The Morgan fingerprint density at radius 2 is 1.89 bits per heavy atom. The molecule has 0 N–H and O–H groups in total. The Morgan fingerprint density at radius 3 is 2.59 bits per heavy atom. The highest BCUT2D eigenvalue weighted by molar-refractivity contribution is 9.11. The summed E-state index contributed by atoms with van der Waals surface area (Å²) in [6.07, 6.45) is 6.95. The van der Waals surface area contributed by atoms with Gasteiger partial charge in [-0.1, -0.05) is 49.7 Å². The molecule has 0 fully saturated rings. The van der Waals surface area contributed by atoms with Gasteiger partial charge in [-0.15, -0.1) is 0 Å². The number of hydrogen-bond acceptors (Lipinski definition) is 5. The lowest BCUT2D eigenvalue weighted by atomic mass is 10.1. The number of fused-ring (bicyclic) bond motifs is 1. The summed E-state index contributed by atoms with van der Waals surface area (Å²) in [6, 6.07) is 10.4. The van der Waals surface area contributed by atoms with Crippen molar-refractivity contribution in [2.45, 2.75) is 24.7 Å².